The number of aromatic nitrogens is 2. The average molecular weight is 258 g/mol. The molecule has 2 heterocycles. The minimum atomic E-state index is -0.690. The van der Waals surface area contributed by atoms with E-state index in [0.717, 1.165) is 0 Å². The number of carbonyl (C=O) groups excluding carboxylic acids is 2. The summed E-state index contributed by atoms with van der Waals surface area (Å²) in [4.78, 5) is 30.5. The van der Waals surface area contributed by atoms with Gasteiger partial charge in [-0.1, -0.05) is 0 Å². The fraction of sp³-hybridized carbons (Fsp3) is 0.0769. The summed E-state index contributed by atoms with van der Waals surface area (Å²) in [6.45, 7) is 0. The second-order valence-electron chi connectivity index (χ2n) is 3.49. The summed E-state index contributed by atoms with van der Waals surface area (Å²) in [5, 5.41) is 0. The van der Waals surface area contributed by atoms with E-state index in [2.05, 4.69) is 9.97 Å². The SMILES string of the molecule is O=C(CC(=O)Oc1ccncc1)Oc1ccncc1. The maximum absolute atomic E-state index is 11.5. The van der Waals surface area contributed by atoms with E-state index in [-0.39, 0.29) is 0 Å². The molecule has 0 bridgehead atoms. The lowest BCUT2D eigenvalue weighted by molar-refractivity contribution is -0.144. The summed E-state index contributed by atoms with van der Waals surface area (Å²) < 4.78 is 9.86. The number of hydrogen-bond acceptors (Lipinski definition) is 6. The molecule has 0 aliphatic carbocycles. The Morgan fingerprint density at radius 2 is 1.16 bits per heavy atom. The number of nitrogens with zero attached hydrogens (tertiary/aromatic N) is 2. The molecule has 19 heavy (non-hydrogen) atoms. The van der Waals surface area contributed by atoms with Gasteiger partial charge in [0.1, 0.15) is 17.9 Å². The minimum Gasteiger partial charge on any atom is -0.426 e. The van der Waals surface area contributed by atoms with Crippen molar-refractivity contribution in [3.63, 3.8) is 0 Å². The molecule has 0 fully saturated rings. The van der Waals surface area contributed by atoms with Crippen LogP contribution in [0.15, 0.2) is 49.1 Å². The van der Waals surface area contributed by atoms with Gasteiger partial charge < -0.3 is 9.47 Å². The molecule has 0 saturated carbocycles. The van der Waals surface area contributed by atoms with Crippen molar-refractivity contribution >= 4 is 11.9 Å². The Morgan fingerprint density at radius 3 is 1.53 bits per heavy atom. The zero-order valence-electron chi connectivity index (χ0n) is 9.85. The topological polar surface area (TPSA) is 78.4 Å². The third-order valence-electron chi connectivity index (χ3n) is 2.05. The summed E-state index contributed by atoms with van der Waals surface area (Å²) in [5.74, 6) is -0.719. The van der Waals surface area contributed by atoms with Crippen molar-refractivity contribution in [3.05, 3.63) is 49.1 Å². The molecule has 6 heteroatoms. The third kappa shape index (κ3) is 4.19. The number of carbonyl (C=O) groups is 2. The molecule has 0 aliphatic rings. The maximum atomic E-state index is 11.5. The molecule has 0 unspecified atom stereocenters. The van der Waals surface area contributed by atoms with Gasteiger partial charge in [-0.2, -0.15) is 0 Å². The van der Waals surface area contributed by atoms with Crippen LogP contribution in [0.2, 0.25) is 0 Å². The lowest BCUT2D eigenvalue weighted by Crippen LogP contribution is -2.18. The Labute approximate surface area is 109 Å². The van der Waals surface area contributed by atoms with Crippen LogP contribution >= 0.6 is 0 Å². The van der Waals surface area contributed by atoms with E-state index in [1.54, 1.807) is 0 Å². The molecule has 0 saturated heterocycles. The second kappa shape index (κ2) is 6.25. The first-order valence-corrected chi connectivity index (χ1v) is 5.45. The van der Waals surface area contributed by atoms with Gasteiger partial charge >= 0.3 is 11.9 Å². The predicted molar refractivity (Wildman–Crippen MR) is 64.4 cm³/mol. The number of esters is 2. The van der Waals surface area contributed by atoms with Crippen molar-refractivity contribution in [2.75, 3.05) is 0 Å². The molecular formula is C13H10N2O4. The minimum absolute atomic E-state index is 0.330. The second-order valence-corrected chi connectivity index (χ2v) is 3.49. The van der Waals surface area contributed by atoms with E-state index in [1.807, 2.05) is 0 Å². The first-order valence-electron chi connectivity index (χ1n) is 5.45. The lowest BCUT2D eigenvalue weighted by Gasteiger charge is -2.04. The fourth-order valence-electron chi connectivity index (χ4n) is 1.27. The van der Waals surface area contributed by atoms with Gasteiger partial charge in [0, 0.05) is 24.8 Å². The van der Waals surface area contributed by atoms with E-state index in [0.29, 0.717) is 11.5 Å². The third-order valence-corrected chi connectivity index (χ3v) is 2.05. The Morgan fingerprint density at radius 1 is 0.789 bits per heavy atom. The molecule has 0 spiro atoms. The number of hydrogen-bond donors (Lipinski definition) is 0. The first-order chi connectivity index (χ1) is 9.24. The smallest absolute Gasteiger partial charge is 0.322 e. The Balaban J connectivity index is 1.84. The van der Waals surface area contributed by atoms with Gasteiger partial charge in [0.2, 0.25) is 0 Å². The van der Waals surface area contributed by atoms with Gasteiger partial charge in [-0.3, -0.25) is 19.6 Å². The van der Waals surface area contributed by atoms with Crippen LogP contribution in [0.4, 0.5) is 0 Å². The van der Waals surface area contributed by atoms with Crippen LogP contribution in [0, 0.1) is 0 Å². The van der Waals surface area contributed by atoms with Crippen LogP contribution in [-0.2, 0) is 9.59 Å². The van der Waals surface area contributed by atoms with Gasteiger partial charge in [0.05, 0.1) is 0 Å². The van der Waals surface area contributed by atoms with Crippen LogP contribution in [0.25, 0.3) is 0 Å². The van der Waals surface area contributed by atoms with E-state index in [1.165, 1.54) is 49.1 Å². The van der Waals surface area contributed by atoms with Crippen LogP contribution in [0.5, 0.6) is 11.5 Å². The predicted octanol–water partition coefficient (Wildman–Crippen LogP) is 1.38. The molecular weight excluding hydrogens is 248 g/mol. The van der Waals surface area contributed by atoms with Crippen molar-refractivity contribution in [3.8, 4) is 11.5 Å². The standard InChI is InChI=1S/C13H10N2O4/c16-12(18-10-1-5-14-6-2-10)9-13(17)19-11-3-7-15-8-4-11/h1-8H,9H2. The summed E-state index contributed by atoms with van der Waals surface area (Å²) in [7, 11) is 0. The largest absolute Gasteiger partial charge is 0.426 e. The van der Waals surface area contributed by atoms with E-state index in [4.69, 9.17) is 9.47 Å². The molecule has 2 rings (SSSR count). The molecule has 6 nitrogen and oxygen atoms in total. The van der Waals surface area contributed by atoms with E-state index in [9.17, 15) is 9.59 Å². The highest BCUT2D eigenvalue weighted by Crippen LogP contribution is 2.10. The Hall–Kier alpha value is -2.76. The van der Waals surface area contributed by atoms with E-state index >= 15 is 0 Å². The number of ether oxygens (including phenoxy) is 2. The fourth-order valence-corrected chi connectivity index (χ4v) is 1.27. The summed E-state index contributed by atoms with van der Waals surface area (Å²) in [6, 6.07) is 6.08. The molecule has 0 atom stereocenters. The van der Waals surface area contributed by atoms with Crippen molar-refractivity contribution in [1.82, 2.24) is 9.97 Å². The first kappa shape index (κ1) is 12.7. The van der Waals surface area contributed by atoms with E-state index < -0.39 is 18.4 Å². The van der Waals surface area contributed by atoms with Gasteiger partial charge in [0.25, 0.3) is 0 Å². The van der Waals surface area contributed by atoms with Crippen molar-refractivity contribution in [1.29, 1.82) is 0 Å². The zero-order chi connectivity index (χ0) is 13.5. The average Bonchev–Trinajstić information content (AvgIpc) is 2.40. The normalized spacial score (nSPS) is 9.68. The molecule has 0 aliphatic heterocycles. The Bertz CT molecular complexity index is 506. The van der Waals surface area contributed by atoms with Gasteiger partial charge in [-0.05, 0) is 24.3 Å². The highest BCUT2D eigenvalue weighted by atomic mass is 16.6. The number of rotatable bonds is 4. The molecule has 0 amide bonds. The Kier molecular flexibility index (Phi) is 4.17. The highest BCUT2D eigenvalue weighted by molar-refractivity contribution is 5.93. The van der Waals surface area contributed by atoms with Crippen molar-refractivity contribution in [2.45, 2.75) is 6.42 Å². The van der Waals surface area contributed by atoms with Crippen LogP contribution in [-0.4, -0.2) is 21.9 Å². The maximum Gasteiger partial charge on any atom is 0.322 e. The molecule has 2 aromatic heterocycles. The zero-order valence-corrected chi connectivity index (χ0v) is 9.85. The van der Waals surface area contributed by atoms with Crippen molar-refractivity contribution < 1.29 is 19.1 Å². The van der Waals surface area contributed by atoms with Crippen LogP contribution < -0.4 is 9.47 Å². The van der Waals surface area contributed by atoms with Gasteiger partial charge in [-0.15, -0.1) is 0 Å². The highest BCUT2D eigenvalue weighted by Gasteiger charge is 2.13. The molecule has 0 radical (unpaired) electrons. The quantitative estimate of drug-likeness (QED) is 0.609. The summed E-state index contributed by atoms with van der Waals surface area (Å²) >= 11 is 0. The monoisotopic (exact) mass is 258 g/mol. The number of pyridine rings is 2. The van der Waals surface area contributed by atoms with Crippen molar-refractivity contribution in [2.24, 2.45) is 0 Å². The summed E-state index contributed by atoms with van der Waals surface area (Å²) in [6.07, 6.45) is 5.47. The molecule has 0 aromatic carbocycles. The van der Waals surface area contributed by atoms with Gasteiger partial charge in [0.15, 0.2) is 0 Å². The molecule has 2 aromatic rings. The van der Waals surface area contributed by atoms with Crippen LogP contribution in [0.1, 0.15) is 6.42 Å². The summed E-state index contributed by atoms with van der Waals surface area (Å²) in [5.41, 5.74) is 0. The molecule has 96 valence electrons. The lowest BCUT2D eigenvalue weighted by atomic mass is 10.4. The van der Waals surface area contributed by atoms with Gasteiger partial charge in [-0.25, -0.2) is 0 Å². The molecule has 0 N–H and O–H groups in total. The van der Waals surface area contributed by atoms with Crippen LogP contribution in [0.3, 0.4) is 0 Å².